The van der Waals surface area contributed by atoms with E-state index in [1.54, 1.807) is 14.2 Å². The topological polar surface area (TPSA) is 95.2 Å². The smallest absolute Gasteiger partial charge is 0.231 e. The number of rotatable bonds is 8. The maximum absolute atomic E-state index is 6.05. The Kier molecular flexibility index (Phi) is 7.43. The van der Waals surface area contributed by atoms with Crippen molar-refractivity contribution < 1.29 is 18.3 Å². The van der Waals surface area contributed by atoms with Crippen LogP contribution in [0.1, 0.15) is 0 Å². The molecule has 48 heavy (non-hydrogen) atoms. The molecule has 232 valence electrons. The second-order valence-electron chi connectivity index (χ2n) is 11.1. The fourth-order valence-corrected chi connectivity index (χ4v) is 5.70. The SMILES string of the molecule is COc1ccc(-c2cccc(/N=N/c3cccc(-c4ccc(OC)c(-c5nc6ccccc6o5)c4)c3)c2)cc1-c1nc2ccccc2o1. The Morgan fingerprint density at radius 1 is 0.458 bits per heavy atom. The molecule has 8 heteroatoms. The van der Waals surface area contributed by atoms with E-state index < -0.39 is 0 Å². The summed E-state index contributed by atoms with van der Waals surface area (Å²) in [5.74, 6) is 2.37. The molecule has 6 aromatic carbocycles. The zero-order chi connectivity index (χ0) is 32.5. The molecule has 0 saturated carbocycles. The van der Waals surface area contributed by atoms with Gasteiger partial charge >= 0.3 is 0 Å². The molecule has 0 unspecified atom stereocenters. The predicted octanol–water partition coefficient (Wildman–Crippen LogP) is 11.1. The number of hydrogen-bond donors (Lipinski definition) is 0. The molecule has 0 atom stereocenters. The predicted molar refractivity (Wildman–Crippen MR) is 187 cm³/mol. The standard InChI is InChI=1S/C40H28N4O4/c1-45-35-19-17-27(23-31(35)39-41-33-13-3-5-15-37(33)47-39)25-9-7-11-29(21-25)43-44-30-12-8-10-26(22-30)28-18-20-36(46-2)32(24-28)40-42-34-14-4-6-16-38(34)48-40/h3-24H,1-2H3/b44-43+. The monoisotopic (exact) mass is 628 g/mol. The highest BCUT2D eigenvalue weighted by Gasteiger charge is 2.16. The second-order valence-corrected chi connectivity index (χ2v) is 11.1. The lowest BCUT2D eigenvalue weighted by atomic mass is 10.0. The number of fused-ring (bicyclic) bond motifs is 2. The molecule has 8 rings (SSSR count). The van der Waals surface area contributed by atoms with Crippen molar-refractivity contribution in [1.82, 2.24) is 9.97 Å². The number of nitrogens with zero attached hydrogens (tertiary/aromatic N) is 4. The van der Waals surface area contributed by atoms with Gasteiger partial charge in [-0.15, -0.1) is 0 Å². The van der Waals surface area contributed by atoms with Gasteiger partial charge < -0.3 is 18.3 Å². The van der Waals surface area contributed by atoms with E-state index >= 15 is 0 Å². The summed E-state index contributed by atoms with van der Waals surface area (Å²) in [6.07, 6.45) is 0. The first-order chi connectivity index (χ1) is 23.6. The molecule has 0 aliphatic heterocycles. The Morgan fingerprint density at radius 3 is 1.33 bits per heavy atom. The maximum atomic E-state index is 6.05. The number of methoxy groups -OCH3 is 2. The highest BCUT2D eigenvalue weighted by Crippen LogP contribution is 2.38. The highest BCUT2D eigenvalue weighted by molar-refractivity contribution is 5.82. The minimum absolute atomic E-state index is 0.503. The first kappa shape index (κ1) is 28.9. The summed E-state index contributed by atoms with van der Waals surface area (Å²) >= 11 is 0. The summed E-state index contributed by atoms with van der Waals surface area (Å²) in [4.78, 5) is 9.36. The number of ether oxygens (including phenoxy) is 2. The summed E-state index contributed by atoms with van der Waals surface area (Å²) in [6, 6.07) is 43.2. The van der Waals surface area contributed by atoms with Crippen LogP contribution in [-0.4, -0.2) is 24.2 Å². The number of azo groups is 1. The second kappa shape index (κ2) is 12.3. The molecule has 0 aliphatic rings. The molecule has 8 nitrogen and oxygen atoms in total. The lowest BCUT2D eigenvalue weighted by molar-refractivity contribution is 0.414. The van der Waals surface area contributed by atoms with Crippen LogP contribution in [0.4, 0.5) is 11.4 Å². The molecular weight excluding hydrogens is 600 g/mol. The van der Waals surface area contributed by atoms with Crippen molar-refractivity contribution in [3.63, 3.8) is 0 Å². The molecule has 0 fully saturated rings. The summed E-state index contributed by atoms with van der Waals surface area (Å²) in [6.45, 7) is 0. The van der Waals surface area contributed by atoms with Gasteiger partial charge in [0.2, 0.25) is 11.8 Å². The van der Waals surface area contributed by atoms with Gasteiger partial charge in [0.15, 0.2) is 11.2 Å². The molecule has 0 spiro atoms. The van der Waals surface area contributed by atoms with E-state index in [9.17, 15) is 0 Å². The summed E-state index contributed by atoms with van der Waals surface area (Å²) in [7, 11) is 3.28. The summed E-state index contributed by atoms with van der Waals surface area (Å²) < 4.78 is 23.4. The van der Waals surface area contributed by atoms with Gasteiger partial charge in [0, 0.05) is 0 Å². The summed E-state index contributed by atoms with van der Waals surface area (Å²) in [5, 5.41) is 9.16. The molecule has 0 saturated heterocycles. The molecule has 0 amide bonds. The van der Waals surface area contributed by atoms with Gasteiger partial charge in [-0.25, -0.2) is 9.97 Å². The van der Waals surface area contributed by atoms with Crippen LogP contribution in [0.2, 0.25) is 0 Å². The average molecular weight is 629 g/mol. The van der Waals surface area contributed by atoms with E-state index in [1.165, 1.54) is 0 Å². The van der Waals surface area contributed by atoms with Crippen LogP contribution >= 0.6 is 0 Å². The van der Waals surface area contributed by atoms with E-state index in [2.05, 4.69) is 20.2 Å². The van der Waals surface area contributed by atoms with Crippen molar-refractivity contribution in [3.05, 3.63) is 133 Å². The number of oxazole rings is 2. The average Bonchev–Trinajstić information content (AvgIpc) is 3.79. The fraction of sp³-hybridized carbons (Fsp3) is 0.0500. The first-order valence-electron chi connectivity index (χ1n) is 15.4. The van der Waals surface area contributed by atoms with Crippen molar-refractivity contribution >= 4 is 33.6 Å². The zero-order valence-corrected chi connectivity index (χ0v) is 26.1. The van der Waals surface area contributed by atoms with Gasteiger partial charge in [0.05, 0.1) is 36.7 Å². The van der Waals surface area contributed by atoms with Crippen molar-refractivity contribution in [2.24, 2.45) is 10.2 Å². The lowest BCUT2D eigenvalue weighted by Gasteiger charge is -2.09. The molecule has 2 heterocycles. The lowest BCUT2D eigenvalue weighted by Crippen LogP contribution is -1.89. The van der Waals surface area contributed by atoms with E-state index in [4.69, 9.17) is 18.3 Å². The zero-order valence-electron chi connectivity index (χ0n) is 26.1. The molecule has 2 aromatic heterocycles. The van der Waals surface area contributed by atoms with Crippen molar-refractivity contribution in [2.75, 3.05) is 14.2 Å². The van der Waals surface area contributed by atoms with Crippen LogP contribution in [0.25, 0.3) is 67.4 Å². The van der Waals surface area contributed by atoms with Crippen LogP contribution < -0.4 is 9.47 Å². The molecule has 0 bridgehead atoms. The fourth-order valence-electron chi connectivity index (χ4n) is 5.70. The van der Waals surface area contributed by atoms with Crippen molar-refractivity contribution in [1.29, 1.82) is 0 Å². The van der Waals surface area contributed by atoms with Crippen molar-refractivity contribution in [2.45, 2.75) is 0 Å². The minimum atomic E-state index is 0.503. The Bertz CT molecular complexity index is 2220. The van der Waals surface area contributed by atoms with Crippen LogP contribution in [0.15, 0.2) is 153 Å². The van der Waals surface area contributed by atoms with E-state index in [-0.39, 0.29) is 0 Å². The third kappa shape index (κ3) is 5.56. The number of aromatic nitrogens is 2. The molecule has 0 radical (unpaired) electrons. The Balaban J connectivity index is 1.07. The quantitative estimate of drug-likeness (QED) is 0.155. The molecule has 0 aliphatic carbocycles. The van der Waals surface area contributed by atoms with Gasteiger partial charge in [-0.05, 0) is 95.1 Å². The van der Waals surface area contributed by atoms with Crippen molar-refractivity contribution in [3.8, 4) is 56.7 Å². The van der Waals surface area contributed by atoms with Crippen LogP contribution in [0, 0.1) is 0 Å². The van der Waals surface area contributed by atoms with Crippen LogP contribution in [-0.2, 0) is 0 Å². The Morgan fingerprint density at radius 2 is 0.896 bits per heavy atom. The third-order valence-electron chi connectivity index (χ3n) is 8.09. The number of benzene rings is 6. The highest BCUT2D eigenvalue weighted by atomic mass is 16.5. The third-order valence-corrected chi connectivity index (χ3v) is 8.09. The van der Waals surface area contributed by atoms with Gasteiger partial charge in [-0.2, -0.15) is 10.2 Å². The Labute approximate surface area is 276 Å². The van der Waals surface area contributed by atoms with Gasteiger partial charge in [-0.3, -0.25) is 0 Å². The number of para-hydroxylation sites is 4. The van der Waals surface area contributed by atoms with Gasteiger partial charge in [0.25, 0.3) is 0 Å². The van der Waals surface area contributed by atoms with Crippen LogP contribution in [0.3, 0.4) is 0 Å². The van der Waals surface area contributed by atoms with Gasteiger partial charge in [-0.1, -0.05) is 60.7 Å². The van der Waals surface area contributed by atoms with E-state index in [0.29, 0.717) is 23.3 Å². The molecule has 0 N–H and O–H groups in total. The Hall–Kier alpha value is -6.54. The van der Waals surface area contributed by atoms with Gasteiger partial charge in [0.1, 0.15) is 22.5 Å². The maximum Gasteiger partial charge on any atom is 0.231 e. The number of hydrogen-bond acceptors (Lipinski definition) is 8. The van der Waals surface area contributed by atoms with Crippen LogP contribution in [0.5, 0.6) is 11.5 Å². The molecule has 8 aromatic rings. The van der Waals surface area contributed by atoms with E-state index in [0.717, 1.165) is 67.0 Å². The normalized spacial score (nSPS) is 11.5. The summed E-state index contributed by atoms with van der Waals surface area (Å²) in [5.41, 5.74) is 9.92. The largest absolute Gasteiger partial charge is 0.496 e. The minimum Gasteiger partial charge on any atom is -0.496 e. The van der Waals surface area contributed by atoms with E-state index in [1.807, 2.05) is 133 Å². The first-order valence-corrected chi connectivity index (χ1v) is 15.4. The molecular formula is C40H28N4O4.